The van der Waals surface area contributed by atoms with E-state index in [1.807, 2.05) is 0 Å². The van der Waals surface area contributed by atoms with Crippen LogP contribution in [0.15, 0.2) is 18.2 Å². The van der Waals surface area contributed by atoms with Gasteiger partial charge < -0.3 is 9.84 Å². The molecule has 0 aromatic heterocycles. The van der Waals surface area contributed by atoms with Crippen molar-refractivity contribution in [3.63, 3.8) is 0 Å². The van der Waals surface area contributed by atoms with E-state index in [0.29, 0.717) is 0 Å². The molecule has 0 radical (unpaired) electrons. The Kier molecular flexibility index (Phi) is 4.38. The zero-order valence-electron chi connectivity index (χ0n) is 8.76. The number of halogens is 1. The molecule has 0 aliphatic heterocycles. The number of alkyl halides is 1. The Morgan fingerprint density at radius 3 is 2.76 bits per heavy atom. The van der Waals surface area contributed by atoms with Crippen molar-refractivity contribution in [1.29, 1.82) is 0 Å². The molecule has 0 heterocycles. The van der Waals surface area contributed by atoms with E-state index in [1.54, 1.807) is 0 Å². The quantitative estimate of drug-likeness (QED) is 0.469. The zero-order chi connectivity index (χ0) is 12.8. The molecule has 0 saturated heterocycles. The number of rotatable bonds is 6. The fourth-order valence-corrected chi connectivity index (χ4v) is 1.24. The molecule has 1 aromatic carbocycles. The molecule has 6 nitrogen and oxygen atoms in total. The first-order valence-corrected chi connectivity index (χ1v) is 4.77. The summed E-state index contributed by atoms with van der Waals surface area (Å²) in [4.78, 5) is 20.8. The van der Waals surface area contributed by atoms with Crippen LogP contribution in [0.1, 0.15) is 16.8 Å². The molecule has 92 valence electrons. The van der Waals surface area contributed by atoms with Gasteiger partial charge in [0.1, 0.15) is 5.75 Å². The molecule has 7 heteroatoms. The monoisotopic (exact) mass is 243 g/mol. The van der Waals surface area contributed by atoms with Crippen LogP contribution in [0.25, 0.3) is 0 Å². The topological polar surface area (TPSA) is 89.7 Å². The molecule has 17 heavy (non-hydrogen) atoms. The van der Waals surface area contributed by atoms with Crippen LogP contribution in [-0.2, 0) is 0 Å². The van der Waals surface area contributed by atoms with Crippen molar-refractivity contribution in [2.45, 2.75) is 6.42 Å². The minimum absolute atomic E-state index is 0.0298. The predicted molar refractivity (Wildman–Crippen MR) is 56.1 cm³/mol. The number of benzene rings is 1. The highest BCUT2D eigenvalue weighted by atomic mass is 19.1. The van der Waals surface area contributed by atoms with E-state index < -0.39 is 28.8 Å². The number of carboxylic acid groups (broad SMARTS) is 1. The number of hydrogen-bond acceptors (Lipinski definition) is 4. The van der Waals surface area contributed by atoms with Crippen molar-refractivity contribution >= 4 is 11.7 Å². The molecule has 0 aliphatic carbocycles. The summed E-state index contributed by atoms with van der Waals surface area (Å²) in [5, 5.41) is 19.5. The Morgan fingerprint density at radius 1 is 1.53 bits per heavy atom. The van der Waals surface area contributed by atoms with Crippen LogP contribution in [0.4, 0.5) is 10.1 Å². The fourth-order valence-electron chi connectivity index (χ4n) is 1.24. The molecule has 0 unspecified atom stereocenters. The Balaban J connectivity index is 3.07. The van der Waals surface area contributed by atoms with Crippen molar-refractivity contribution in [1.82, 2.24) is 0 Å². The average Bonchev–Trinajstić information content (AvgIpc) is 2.28. The molecule has 0 fully saturated rings. The van der Waals surface area contributed by atoms with Crippen molar-refractivity contribution in [2.24, 2.45) is 0 Å². The maximum absolute atomic E-state index is 11.9. The second-order valence-electron chi connectivity index (χ2n) is 3.10. The summed E-state index contributed by atoms with van der Waals surface area (Å²) < 4.78 is 16.9. The molecule has 0 aliphatic rings. The number of carboxylic acids is 1. The summed E-state index contributed by atoms with van der Waals surface area (Å²) >= 11 is 0. The van der Waals surface area contributed by atoms with Gasteiger partial charge in [-0.15, -0.1) is 0 Å². The van der Waals surface area contributed by atoms with Crippen molar-refractivity contribution in [3.05, 3.63) is 33.9 Å². The second-order valence-corrected chi connectivity index (χ2v) is 3.10. The van der Waals surface area contributed by atoms with Gasteiger partial charge in [-0.1, -0.05) is 6.07 Å². The molecule has 1 N–H and O–H groups in total. The first-order chi connectivity index (χ1) is 8.07. The maximum atomic E-state index is 11.9. The van der Waals surface area contributed by atoms with E-state index in [4.69, 9.17) is 9.84 Å². The molecule has 0 saturated carbocycles. The maximum Gasteiger partial charge on any atom is 0.346 e. The van der Waals surface area contributed by atoms with Gasteiger partial charge >= 0.3 is 5.97 Å². The van der Waals surface area contributed by atoms with E-state index in [2.05, 4.69) is 0 Å². The van der Waals surface area contributed by atoms with Gasteiger partial charge in [0.2, 0.25) is 0 Å². The van der Waals surface area contributed by atoms with Crippen LogP contribution in [0.2, 0.25) is 0 Å². The molecule has 0 spiro atoms. The molecule has 1 aromatic rings. The molecule has 1 rings (SSSR count). The van der Waals surface area contributed by atoms with Crippen LogP contribution in [0.5, 0.6) is 5.75 Å². The lowest BCUT2D eigenvalue weighted by molar-refractivity contribution is -0.385. The SMILES string of the molecule is O=C(O)c1c(OCCCF)cccc1[N+](=O)[O-]. The Bertz CT molecular complexity index is 435. The Hall–Kier alpha value is -2.18. The first-order valence-electron chi connectivity index (χ1n) is 4.77. The van der Waals surface area contributed by atoms with Crippen LogP contribution in [0.3, 0.4) is 0 Å². The van der Waals surface area contributed by atoms with E-state index >= 15 is 0 Å². The zero-order valence-corrected chi connectivity index (χ0v) is 8.76. The van der Waals surface area contributed by atoms with Gasteiger partial charge in [-0.05, 0) is 6.07 Å². The predicted octanol–water partition coefficient (Wildman–Crippen LogP) is 2.03. The summed E-state index contributed by atoms with van der Waals surface area (Å²) in [6.45, 7) is -0.630. The van der Waals surface area contributed by atoms with Gasteiger partial charge in [-0.3, -0.25) is 14.5 Å². The average molecular weight is 243 g/mol. The van der Waals surface area contributed by atoms with E-state index in [9.17, 15) is 19.3 Å². The lowest BCUT2D eigenvalue weighted by atomic mass is 10.1. The lowest BCUT2D eigenvalue weighted by Crippen LogP contribution is -2.08. The number of ether oxygens (including phenoxy) is 1. The van der Waals surface area contributed by atoms with Crippen LogP contribution < -0.4 is 4.74 Å². The summed E-state index contributed by atoms with van der Waals surface area (Å²) in [6.07, 6.45) is 0.0990. The molecular formula is C10H10FNO5. The largest absolute Gasteiger partial charge is 0.492 e. The number of nitrogens with zero attached hydrogens (tertiary/aromatic N) is 1. The summed E-state index contributed by atoms with van der Waals surface area (Å²) in [7, 11) is 0. The van der Waals surface area contributed by atoms with Gasteiger partial charge in [-0.25, -0.2) is 4.79 Å². The fraction of sp³-hybridized carbons (Fsp3) is 0.300. The molecular weight excluding hydrogens is 233 g/mol. The highest BCUT2D eigenvalue weighted by Gasteiger charge is 2.24. The minimum atomic E-state index is -1.45. The second kappa shape index (κ2) is 5.78. The van der Waals surface area contributed by atoms with Gasteiger partial charge in [0, 0.05) is 12.5 Å². The van der Waals surface area contributed by atoms with Crippen LogP contribution in [-0.4, -0.2) is 29.3 Å². The van der Waals surface area contributed by atoms with E-state index in [0.717, 1.165) is 6.07 Å². The minimum Gasteiger partial charge on any atom is -0.492 e. The summed E-state index contributed by atoms with van der Waals surface area (Å²) in [5.74, 6) is -1.58. The standard InChI is InChI=1S/C10H10FNO5/c11-5-2-6-17-8-4-1-3-7(12(15)16)9(8)10(13)14/h1,3-4H,2,5-6H2,(H,13,14). The molecule has 0 amide bonds. The summed E-state index contributed by atoms with van der Waals surface area (Å²) in [6, 6.07) is 3.69. The van der Waals surface area contributed by atoms with Crippen molar-refractivity contribution in [2.75, 3.05) is 13.3 Å². The Labute approximate surface area is 95.8 Å². The lowest BCUT2D eigenvalue weighted by Gasteiger charge is -2.08. The van der Waals surface area contributed by atoms with E-state index in [1.165, 1.54) is 12.1 Å². The molecule has 0 atom stereocenters. The smallest absolute Gasteiger partial charge is 0.346 e. The number of hydrogen-bond donors (Lipinski definition) is 1. The number of aromatic carboxylic acids is 1. The van der Waals surface area contributed by atoms with Gasteiger partial charge in [0.15, 0.2) is 5.56 Å². The third-order valence-electron chi connectivity index (χ3n) is 1.95. The summed E-state index contributed by atoms with van der Waals surface area (Å²) in [5.41, 5.74) is -1.06. The normalized spacial score (nSPS) is 9.94. The first kappa shape index (κ1) is 12.9. The highest BCUT2D eigenvalue weighted by molar-refractivity contribution is 5.95. The number of nitro groups is 1. The third-order valence-corrected chi connectivity index (χ3v) is 1.95. The third kappa shape index (κ3) is 3.13. The van der Waals surface area contributed by atoms with Gasteiger partial charge in [0.25, 0.3) is 5.69 Å². The van der Waals surface area contributed by atoms with Gasteiger partial charge in [-0.2, -0.15) is 0 Å². The van der Waals surface area contributed by atoms with Crippen LogP contribution in [0, 0.1) is 10.1 Å². The molecule has 0 bridgehead atoms. The van der Waals surface area contributed by atoms with Crippen molar-refractivity contribution in [3.8, 4) is 5.75 Å². The highest BCUT2D eigenvalue weighted by Crippen LogP contribution is 2.28. The van der Waals surface area contributed by atoms with Crippen molar-refractivity contribution < 1.29 is 24.0 Å². The van der Waals surface area contributed by atoms with Gasteiger partial charge in [0.05, 0.1) is 18.2 Å². The van der Waals surface area contributed by atoms with Crippen LogP contribution >= 0.6 is 0 Å². The number of carbonyl (C=O) groups is 1. The number of nitro benzene ring substituents is 1. The van der Waals surface area contributed by atoms with E-state index in [-0.39, 0.29) is 18.8 Å². The Morgan fingerprint density at radius 2 is 2.24 bits per heavy atom.